The predicted octanol–water partition coefficient (Wildman–Crippen LogP) is 2.36. The van der Waals surface area contributed by atoms with E-state index in [4.69, 9.17) is 14.6 Å². The summed E-state index contributed by atoms with van der Waals surface area (Å²) in [5.41, 5.74) is 0.942. The van der Waals surface area contributed by atoms with Crippen molar-refractivity contribution in [3.63, 3.8) is 0 Å². The summed E-state index contributed by atoms with van der Waals surface area (Å²) < 4.78 is 10.3. The summed E-state index contributed by atoms with van der Waals surface area (Å²) in [5.74, 6) is 0.167. The lowest BCUT2D eigenvalue weighted by Gasteiger charge is -2.12. The fraction of sp³-hybridized carbons (Fsp3) is 0.462. The van der Waals surface area contributed by atoms with Crippen molar-refractivity contribution in [3.8, 4) is 11.5 Å². The molecule has 0 saturated carbocycles. The van der Waals surface area contributed by atoms with E-state index in [1.54, 1.807) is 20.3 Å². The molecule has 1 aromatic carbocycles. The fourth-order valence-electron chi connectivity index (χ4n) is 1.70. The second-order valence-corrected chi connectivity index (χ2v) is 3.84. The third-order valence-electron chi connectivity index (χ3n) is 2.77. The number of benzene rings is 1. The van der Waals surface area contributed by atoms with E-state index in [0.29, 0.717) is 24.3 Å². The first kappa shape index (κ1) is 13.4. The van der Waals surface area contributed by atoms with Crippen molar-refractivity contribution in [1.82, 2.24) is 0 Å². The number of carbonyl (C=O) groups is 1. The maximum absolute atomic E-state index is 11.0. The molecule has 0 aliphatic heterocycles. The van der Waals surface area contributed by atoms with Crippen LogP contribution < -0.4 is 9.47 Å². The third kappa shape index (κ3) is 3.37. The summed E-state index contributed by atoms with van der Waals surface area (Å²) in [6.45, 7) is 1.87. The van der Waals surface area contributed by atoms with Crippen LogP contribution in [0, 0.1) is 5.92 Å². The number of carboxylic acid groups (broad SMARTS) is 1. The Balaban J connectivity index is 2.88. The molecule has 0 amide bonds. The van der Waals surface area contributed by atoms with Gasteiger partial charge in [0.2, 0.25) is 0 Å². The Labute approximate surface area is 101 Å². The van der Waals surface area contributed by atoms with Crippen LogP contribution in [0.1, 0.15) is 18.9 Å². The van der Waals surface area contributed by atoms with Crippen molar-refractivity contribution in [2.75, 3.05) is 14.2 Å². The van der Waals surface area contributed by atoms with Crippen LogP contribution in [0.4, 0.5) is 0 Å². The van der Waals surface area contributed by atoms with Gasteiger partial charge in [-0.3, -0.25) is 4.79 Å². The van der Waals surface area contributed by atoms with Gasteiger partial charge in [-0.15, -0.1) is 0 Å². The zero-order valence-corrected chi connectivity index (χ0v) is 10.4. The van der Waals surface area contributed by atoms with E-state index in [0.717, 1.165) is 5.56 Å². The van der Waals surface area contributed by atoms with E-state index in [-0.39, 0.29) is 5.92 Å². The van der Waals surface area contributed by atoms with E-state index >= 15 is 0 Å². The molecule has 1 aromatic rings. The molecule has 0 fully saturated rings. The summed E-state index contributed by atoms with van der Waals surface area (Å²) in [4.78, 5) is 11.0. The predicted molar refractivity (Wildman–Crippen MR) is 64.7 cm³/mol. The molecule has 0 saturated heterocycles. The first-order valence-electron chi connectivity index (χ1n) is 5.56. The molecule has 1 atom stereocenters. The van der Waals surface area contributed by atoms with E-state index in [9.17, 15) is 4.79 Å². The molecule has 0 bridgehead atoms. The minimum absolute atomic E-state index is 0.354. The van der Waals surface area contributed by atoms with Crippen LogP contribution >= 0.6 is 0 Å². The van der Waals surface area contributed by atoms with Crippen LogP contribution in [0.15, 0.2) is 18.2 Å². The minimum atomic E-state index is -0.762. The molecular weight excluding hydrogens is 220 g/mol. The van der Waals surface area contributed by atoms with Gasteiger partial charge in [0.1, 0.15) is 0 Å². The summed E-state index contributed by atoms with van der Waals surface area (Å²) in [6, 6.07) is 5.49. The molecule has 1 N–H and O–H groups in total. The Morgan fingerprint density at radius 2 is 1.94 bits per heavy atom. The highest BCUT2D eigenvalue weighted by Gasteiger charge is 2.16. The van der Waals surface area contributed by atoms with Crippen LogP contribution in [0.5, 0.6) is 11.5 Å². The molecule has 0 spiro atoms. The van der Waals surface area contributed by atoms with Gasteiger partial charge in [-0.2, -0.15) is 0 Å². The Kier molecular flexibility index (Phi) is 4.82. The van der Waals surface area contributed by atoms with Crippen LogP contribution in [0.3, 0.4) is 0 Å². The number of ether oxygens (including phenoxy) is 2. The molecule has 0 aliphatic rings. The van der Waals surface area contributed by atoms with E-state index < -0.39 is 5.97 Å². The lowest BCUT2D eigenvalue weighted by atomic mass is 9.97. The van der Waals surface area contributed by atoms with Crippen molar-refractivity contribution in [2.24, 2.45) is 5.92 Å². The number of carboxylic acids is 1. The van der Waals surface area contributed by atoms with Crippen molar-refractivity contribution in [3.05, 3.63) is 23.8 Å². The monoisotopic (exact) mass is 238 g/mol. The molecule has 0 heterocycles. The first-order chi connectivity index (χ1) is 8.12. The quantitative estimate of drug-likeness (QED) is 0.826. The van der Waals surface area contributed by atoms with Crippen LogP contribution in [0.2, 0.25) is 0 Å². The molecule has 4 heteroatoms. The molecule has 0 radical (unpaired) electrons. The van der Waals surface area contributed by atoms with Crippen LogP contribution in [0.25, 0.3) is 0 Å². The average molecular weight is 238 g/mol. The van der Waals surface area contributed by atoms with Crippen LogP contribution in [-0.2, 0) is 11.2 Å². The second-order valence-electron chi connectivity index (χ2n) is 3.84. The SMILES string of the molecule is CC[C@@H](Cc1ccc(OC)c(OC)c1)C(=O)O. The van der Waals surface area contributed by atoms with Crippen molar-refractivity contribution < 1.29 is 19.4 Å². The molecule has 17 heavy (non-hydrogen) atoms. The topological polar surface area (TPSA) is 55.8 Å². The molecule has 0 aliphatic carbocycles. The van der Waals surface area contributed by atoms with Gasteiger partial charge < -0.3 is 14.6 Å². The smallest absolute Gasteiger partial charge is 0.306 e. The maximum Gasteiger partial charge on any atom is 0.306 e. The molecule has 1 rings (SSSR count). The standard InChI is InChI=1S/C13H18O4/c1-4-10(13(14)15)7-9-5-6-11(16-2)12(8-9)17-3/h5-6,8,10H,4,7H2,1-3H3,(H,14,15)/t10-/m0/s1. The van der Waals surface area contributed by atoms with Gasteiger partial charge in [0.05, 0.1) is 20.1 Å². The highest BCUT2D eigenvalue weighted by atomic mass is 16.5. The molecule has 0 unspecified atom stereocenters. The Bertz CT molecular complexity index is 387. The molecular formula is C13H18O4. The van der Waals surface area contributed by atoms with Crippen molar-refractivity contribution in [1.29, 1.82) is 0 Å². The number of rotatable bonds is 6. The second kappa shape index (κ2) is 6.13. The van der Waals surface area contributed by atoms with Crippen molar-refractivity contribution in [2.45, 2.75) is 19.8 Å². The average Bonchev–Trinajstić information content (AvgIpc) is 2.35. The lowest BCUT2D eigenvalue weighted by molar-refractivity contribution is -0.141. The van der Waals surface area contributed by atoms with Gasteiger partial charge in [0.15, 0.2) is 11.5 Å². The van der Waals surface area contributed by atoms with Gasteiger partial charge in [0, 0.05) is 0 Å². The lowest BCUT2D eigenvalue weighted by Crippen LogP contribution is -2.15. The minimum Gasteiger partial charge on any atom is -0.493 e. The highest BCUT2D eigenvalue weighted by Crippen LogP contribution is 2.28. The van der Waals surface area contributed by atoms with E-state index in [2.05, 4.69) is 0 Å². The summed E-state index contributed by atoms with van der Waals surface area (Å²) in [6.07, 6.45) is 1.12. The Morgan fingerprint density at radius 3 is 2.41 bits per heavy atom. The summed E-state index contributed by atoms with van der Waals surface area (Å²) in [5, 5.41) is 9.01. The van der Waals surface area contributed by atoms with Gasteiger partial charge in [-0.05, 0) is 30.5 Å². The first-order valence-corrected chi connectivity index (χ1v) is 5.56. The van der Waals surface area contributed by atoms with Crippen molar-refractivity contribution >= 4 is 5.97 Å². The maximum atomic E-state index is 11.0. The molecule has 0 aromatic heterocycles. The fourth-order valence-corrected chi connectivity index (χ4v) is 1.70. The highest BCUT2D eigenvalue weighted by molar-refractivity contribution is 5.70. The normalized spacial score (nSPS) is 11.9. The van der Waals surface area contributed by atoms with E-state index in [1.165, 1.54) is 0 Å². The molecule has 94 valence electrons. The number of hydrogen-bond donors (Lipinski definition) is 1. The summed E-state index contributed by atoms with van der Waals surface area (Å²) >= 11 is 0. The largest absolute Gasteiger partial charge is 0.493 e. The van der Waals surface area contributed by atoms with Gasteiger partial charge in [-0.1, -0.05) is 13.0 Å². The molecule has 4 nitrogen and oxygen atoms in total. The van der Waals surface area contributed by atoms with Crippen LogP contribution in [-0.4, -0.2) is 25.3 Å². The number of methoxy groups -OCH3 is 2. The number of hydrogen-bond acceptors (Lipinski definition) is 3. The zero-order valence-electron chi connectivity index (χ0n) is 10.4. The Hall–Kier alpha value is -1.71. The third-order valence-corrected chi connectivity index (χ3v) is 2.77. The van der Waals surface area contributed by atoms with E-state index in [1.807, 2.05) is 19.1 Å². The summed E-state index contributed by atoms with van der Waals surface area (Å²) in [7, 11) is 3.14. The van der Waals surface area contributed by atoms with Gasteiger partial charge in [-0.25, -0.2) is 0 Å². The number of aliphatic carboxylic acids is 1. The zero-order chi connectivity index (χ0) is 12.8. The Morgan fingerprint density at radius 1 is 1.29 bits per heavy atom. The van der Waals surface area contributed by atoms with Gasteiger partial charge in [0.25, 0.3) is 0 Å². The van der Waals surface area contributed by atoms with Gasteiger partial charge >= 0.3 is 5.97 Å².